The Morgan fingerprint density at radius 2 is 2.00 bits per heavy atom. The number of rotatable bonds is 4. The van der Waals surface area contributed by atoms with Crippen molar-refractivity contribution in [1.82, 2.24) is 19.5 Å². The van der Waals surface area contributed by atoms with Crippen LogP contribution in [0.25, 0.3) is 21.9 Å². The maximum atomic E-state index is 9.07. The highest BCUT2D eigenvalue weighted by Crippen LogP contribution is 2.44. The first-order valence-electron chi connectivity index (χ1n) is 10.9. The third kappa shape index (κ3) is 3.42. The van der Waals surface area contributed by atoms with Gasteiger partial charge in [-0.2, -0.15) is 5.26 Å². The minimum atomic E-state index is -0.752. The molecule has 2 aliphatic rings. The Bertz CT molecular complexity index is 1440. The molecule has 0 aliphatic carbocycles. The highest BCUT2D eigenvalue weighted by molar-refractivity contribution is 5.86. The number of hydrogen-bond donors (Lipinski definition) is 1. The van der Waals surface area contributed by atoms with E-state index in [4.69, 9.17) is 29.9 Å². The number of aromatic nitrogens is 4. The summed E-state index contributed by atoms with van der Waals surface area (Å²) in [6, 6.07) is 11.3. The number of anilines is 1. The summed E-state index contributed by atoms with van der Waals surface area (Å²) in [6.07, 6.45) is 3.34. The Kier molecular flexibility index (Phi) is 4.67. The molecule has 0 radical (unpaired) electrons. The van der Waals surface area contributed by atoms with Crippen LogP contribution < -0.4 is 10.5 Å². The van der Waals surface area contributed by atoms with E-state index >= 15 is 0 Å². The summed E-state index contributed by atoms with van der Waals surface area (Å²) in [4.78, 5) is 12.8. The minimum Gasteiger partial charge on any atom is -0.491 e. The third-order valence-electron chi connectivity index (χ3n) is 6.14. The van der Waals surface area contributed by atoms with E-state index in [2.05, 4.69) is 21.0 Å². The lowest BCUT2D eigenvalue weighted by atomic mass is 10.1. The van der Waals surface area contributed by atoms with Crippen molar-refractivity contribution in [3.05, 3.63) is 54.6 Å². The van der Waals surface area contributed by atoms with Gasteiger partial charge in [-0.1, -0.05) is 0 Å². The molecule has 0 amide bonds. The van der Waals surface area contributed by atoms with Crippen molar-refractivity contribution in [2.75, 3.05) is 12.3 Å². The molecule has 0 saturated carbocycles. The van der Waals surface area contributed by atoms with Crippen LogP contribution in [0.5, 0.6) is 5.75 Å². The van der Waals surface area contributed by atoms with Gasteiger partial charge < -0.3 is 29.2 Å². The van der Waals surface area contributed by atoms with Crippen LogP contribution >= 0.6 is 0 Å². The molecule has 0 spiro atoms. The lowest BCUT2D eigenvalue weighted by molar-refractivity contribution is -0.198. The molecule has 3 aromatic heterocycles. The van der Waals surface area contributed by atoms with E-state index < -0.39 is 12.0 Å². The number of pyridine rings is 1. The molecule has 2 N–H and O–H groups in total. The Morgan fingerprint density at radius 1 is 1.15 bits per heavy atom. The molecule has 5 heterocycles. The summed E-state index contributed by atoms with van der Waals surface area (Å²) in [7, 11) is 0. The van der Waals surface area contributed by atoms with E-state index in [1.54, 1.807) is 12.3 Å². The van der Waals surface area contributed by atoms with Gasteiger partial charge in [0.15, 0.2) is 12.0 Å². The first kappa shape index (κ1) is 20.8. The van der Waals surface area contributed by atoms with Crippen molar-refractivity contribution in [3.63, 3.8) is 0 Å². The van der Waals surface area contributed by atoms with Crippen LogP contribution in [0.15, 0.2) is 49.1 Å². The number of benzene rings is 1. The quantitative estimate of drug-likeness (QED) is 0.490. The molecule has 0 bridgehead atoms. The van der Waals surface area contributed by atoms with Gasteiger partial charge >= 0.3 is 0 Å². The fraction of sp³-hybridized carbons (Fsp3) is 0.333. The zero-order valence-electron chi connectivity index (χ0n) is 18.6. The van der Waals surface area contributed by atoms with E-state index in [1.807, 2.05) is 48.9 Å². The molecule has 4 aromatic rings. The van der Waals surface area contributed by atoms with Crippen molar-refractivity contribution >= 4 is 27.8 Å². The summed E-state index contributed by atoms with van der Waals surface area (Å²) in [5, 5.41) is 10.7. The summed E-state index contributed by atoms with van der Waals surface area (Å²) in [5.41, 5.74) is 7.95. The molecule has 4 atom stereocenters. The van der Waals surface area contributed by atoms with Crippen LogP contribution in [-0.2, 0) is 14.2 Å². The second-order valence-corrected chi connectivity index (χ2v) is 8.85. The molecular formula is C24H22N6O4. The van der Waals surface area contributed by atoms with Crippen molar-refractivity contribution in [2.24, 2.45) is 0 Å². The SMILES string of the molecule is CC1(C)O[C@@H]2[C@H](O1)C(COc1ccc3cc(C#N)cnc3c1)O[C@H]2n1ccc2c(N)ncnc21. The molecule has 172 valence electrons. The molecule has 34 heavy (non-hydrogen) atoms. The van der Waals surface area contributed by atoms with E-state index in [0.29, 0.717) is 22.8 Å². The molecule has 1 unspecified atom stereocenters. The van der Waals surface area contributed by atoms with Gasteiger partial charge in [0.1, 0.15) is 54.5 Å². The van der Waals surface area contributed by atoms with Gasteiger partial charge in [0.2, 0.25) is 0 Å². The van der Waals surface area contributed by atoms with Gasteiger partial charge in [-0.25, -0.2) is 9.97 Å². The molecular weight excluding hydrogens is 436 g/mol. The van der Waals surface area contributed by atoms with E-state index in [-0.39, 0.29) is 24.9 Å². The van der Waals surface area contributed by atoms with Gasteiger partial charge in [-0.05, 0) is 38.1 Å². The Morgan fingerprint density at radius 3 is 2.85 bits per heavy atom. The normalized spacial score (nSPS) is 25.4. The maximum Gasteiger partial charge on any atom is 0.164 e. The van der Waals surface area contributed by atoms with Crippen LogP contribution in [0, 0.1) is 11.3 Å². The minimum absolute atomic E-state index is 0.259. The van der Waals surface area contributed by atoms with Crippen molar-refractivity contribution in [2.45, 2.75) is 44.2 Å². The number of nitrogens with zero attached hydrogens (tertiary/aromatic N) is 5. The van der Waals surface area contributed by atoms with E-state index in [1.165, 1.54) is 6.33 Å². The van der Waals surface area contributed by atoms with Gasteiger partial charge in [-0.15, -0.1) is 0 Å². The second kappa shape index (κ2) is 7.63. The van der Waals surface area contributed by atoms with E-state index in [9.17, 15) is 0 Å². The lowest BCUT2D eigenvalue weighted by Crippen LogP contribution is -2.33. The Labute approximate surface area is 194 Å². The number of nitrogens with two attached hydrogens (primary N) is 1. The lowest BCUT2D eigenvalue weighted by Gasteiger charge is -2.25. The van der Waals surface area contributed by atoms with Gasteiger partial charge in [-0.3, -0.25) is 4.98 Å². The zero-order chi connectivity index (χ0) is 23.4. The monoisotopic (exact) mass is 458 g/mol. The zero-order valence-corrected chi connectivity index (χ0v) is 18.6. The van der Waals surface area contributed by atoms with Crippen LogP contribution in [-0.4, -0.2) is 50.2 Å². The molecule has 2 aliphatic heterocycles. The van der Waals surface area contributed by atoms with E-state index in [0.717, 1.165) is 16.3 Å². The van der Waals surface area contributed by atoms with Crippen LogP contribution in [0.2, 0.25) is 0 Å². The highest BCUT2D eigenvalue weighted by Gasteiger charge is 2.56. The average Bonchev–Trinajstić information content (AvgIpc) is 3.48. The first-order chi connectivity index (χ1) is 16.4. The Balaban J connectivity index is 1.26. The smallest absolute Gasteiger partial charge is 0.164 e. The van der Waals surface area contributed by atoms with Crippen LogP contribution in [0.3, 0.4) is 0 Å². The van der Waals surface area contributed by atoms with Gasteiger partial charge in [0.25, 0.3) is 0 Å². The molecule has 1 aromatic carbocycles. The predicted octanol–water partition coefficient (Wildman–Crippen LogP) is 2.93. The van der Waals surface area contributed by atoms with Crippen molar-refractivity contribution in [3.8, 4) is 11.8 Å². The molecule has 10 nitrogen and oxygen atoms in total. The predicted molar refractivity (Wildman–Crippen MR) is 122 cm³/mol. The number of nitrogen functional groups attached to an aromatic ring is 1. The summed E-state index contributed by atoms with van der Waals surface area (Å²) in [5.74, 6) is 0.310. The highest BCUT2D eigenvalue weighted by atomic mass is 16.8. The van der Waals surface area contributed by atoms with Crippen LogP contribution in [0.4, 0.5) is 5.82 Å². The summed E-state index contributed by atoms with van der Waals surface area (Å²) in [6.45, 7) is 4.03. The summed E-state index contributed by atoms with van der Waals surface area (Å²) < 4.78 is 26.8. The third-order valence-corrected chi connectivity index (χ3v) is 6.14. The average molecular weight is 458 g/mol. The molecule has 2 saturated heterocycles. The van der Waals surface area contributed by atoms with Gasteiger partial charge in [0, 0.05) is 23.8 Å². The summed E-state index contributed by atoms with van der Waals surface area (Å²) >= 11 is 0. The Hall–Kier alpha value is -3.78. The molecule has 10 heteroatoms. The standard InChI is InChI=1S/C24H22N6O4/c1-24(2)33-19-18(11-31-15-4-3-14-7-13(9-25)10-27-17(14)8-15)32-23(20(19)34-24)30-6-5-16-21(26)28-12-29-22(16)30/h3-8,10,12,18-20,23H,11H2,1-2H3,(H2,26,28,29)/t18?,19-,20-,23-/m1/s1. The molecule has 6 rings (SSSR count). The number of nitriles is 1. The maximum absolute atomic E-state index is 9.07. The number of ether oxygens (including phenoxy) is 4. The fourth-order valence-electron chi connectivity index (χ4n) is 4.64. The molecule has 2 fully saturated rings. The van der Waals surface area contributed by atoms with Crippen molar-refractivity contribution in [1.29, 1.82) is 5.26 Å². The number of fused-ring (bicyclic) bond motifs is 3. The first-order valence-corrected chi connectivity index (χ1v) is 10.9. The fourth-order valence-corrected chi connectivity index (χ4v) is 4.64. The number of hydrogen-bond acceptors (Lipinski definition) is 9. The topological polar surface area (TPSA) is 130 Å². The van der Waals surface area contributed by atoms with Crippen LogP contribution in [0.1, 0.15) is 25.6 Å². The largest absolute Gasteiger partial charge is 0.491 e. The van der Waals surface area contributed by atoms with Crippen molar-refractivity contribution < 1.29 is 18.9 Å². The van der Waals surface area contributed by atoms with Gasteiger partial charge in [0.05, 0.1) is 16.5 Å². The second-order valence-electron chi connectivity index (χ2n) is 8.85.